The van der Waals surface area contributed by atoms with Crippen LogP contribution in [0.25, 0.3) is 32.0 Å². The summed E-state index contributed by atoms with van der Waals surface area (Å²) in [5, 5.41) is 9.71. The normalized spacial score (nSPS) is 17.6. The van der Waals surface area contributed by atoms with Crippen LogP contribution in [-0.4, -0.2) is 37.5 Å². The highest BCUT2D eigenvalue weighted by Crippen LogP contribution is 2.36. The maximum Gasteiger partial charge on any atom is 0.265 e. The second-order valence-corrected chi connectivity index (χ2v) is 8.98. The summed E-state index contributed by atoms with van der Waals surface area (Å²) in [6.45, 7) is 0.370. The van der Waals surface area contributed by atoms with Crippen LogP contribution in [0.15, 0.2) is 55.0 Å². The minimum atomic E-state index is -1.26. The van der Waals surface area contributed by atoms with Gasteiger partial charge in [-0.15, -0.1) is 11.3 Å². The first kappa shape index (κ1) is 20.5. The van der Waals surface area contributed by atoms with Crippen LogP contribution >= 0.6 is 22.9 Å². The number of hydrogen-bond donors (Lipinski definition) is 3. The van der Waals surface area contributed by atoms with E-state index in [0.29, 0.717) is 18.0 Å². The Labute approximate surface area is 193 Å². The van der Waals surface area contributed by atoms with Gasteiger partial charge in [0, 0.05) is 26.2 Å². The minimum Gasteiger partial charge on any atom is -0.371 e. The molecule has 5 rings (SSSR count). The molecule has 162 valence electrons. The number of aromatic nitrogens is 4. The summed E-state index contributed by atoms with van der Waals surface area (Å²) in [5.41, 5.74) is 4.48. The number of halogens is 1. The molecule has 3 aromatic heterocycles. The molecule has 1 amide bonds. The zero-order chi connectivity index (χ0) is 22.3. The Morgan fingerprint density at radius 3 is 2.78 bits per heavy atom. The molecule has 0 fully saturated rings. The molecule has 0 aliphatic carbocycles. The zero-order valence-electron chi connectivity index (χ0n) is 17.4. The first-order chi connectivity index (χ1) is 15.5. The molecular formula is C22H20ClN7OS. The number of pyridine rings is 1. The Hall–Kier alpha value is -3.43. The molecule has 1 aliphatic rings. The third-order valence-electron chi connectivity index (χ3n) is 5.25. The molecule has 1 aliphatic heterocycles. The number of carbonyl (C=O) groups is 1. The van der Waals surface area contributed by atoms with Gasteiger partial charge in [0.25, 0.3) is 5.91 Å². The van der Waals surface area contributed by atoms with Gasteiger partial charge in [0.1, 0.15) is 15.2 Å². The summed E-state index contributed by atoms with van der Waals surface area (Å²) < 4.78 is 2.99. The lowest BCUT2D eigenvalue weighted by Gasteiger charge is -2.24. The molecule has 32 heavy (non-hydrogen) atoms. The van der Waals surface area contributed by atoms with Crippen molar-refractivity contribution in [2.75, 3.05) is 12.4 Å². The van der Waals surface area contributed by atoms with Crippen LogP contribution in [-0.2, 0) is 18.4 Å². The molecular weight excluding hydrogens is 446 g/mol. The minimum absolute atomic E-state index is 0.304. The molecule has 10 heteroatoms. The number of anilines is 1. The lowest BCUT2D eigenvalue weighted by Crippen LogP contribution is -2.50. The van der Waals surface area contributed by atoms with Crippen LogP contribution in [0.4, 0.5) is 5.82 Å². The number of nitrogens with zero attached hydrogens (tertiary/aromatic N) is 4. The van der Waals surface area contributed by atoms with E-state index in [-0.39, 0.29) is 5.91 Å². The number of dihydropyridines is 1. The molecule has 0 spiro atoms. The predicted molar refractivity (Wildman–Crippen MR) is 129 cm³/mol. The number of alkyl halides is 1. The summed E-state index contributed by atoms with van der Waals surface area (Å²) in [7, 11) is 3.80. The van der Waals surface area contributed by atoms with Gasteiger partial charge in [0.15, 0.2) is 11.5 Å². The second kappa shape index (κ2) is 7.92. The number of benzene rings is 1. The van der Waals surface area contributed by atoms with E-state index in [1.54, 1.807) is 42.1 Å². The van der Waals surface area contributed by atoms with Crippen molar-refractivity contribution >= 4 is 56.0 Å². The molecule has 0 saturated heterocycles. The lowest BCUT2D eigenvalue weighted by atomic mass is 10.1. The van der Waals surface area contributed by atoms with Gasteiger partial charge in [-0.05, 0) is 23.9 Å². The fraction of sp³-hybridized carbons (Fsp3) is 0.182. The van der Waals surface area contributed by atoms with Crippen LogP contribution in [0.5, 0.6) is 0 Å². The molecule has 3 N–H and O–H groups in total. The second-order valence-electron chi connectivity index (χ2n) is 7.39. The number of allylic oxidation sites excluding steroid dienone is 2. The molecule has 4 heterocycles. The monoisotopic (exact) mass is 465 g/mol. The van der Waals surface area contributed by atoms with Crippen molar-refractivity contribution in [3.63, 3.8) is 0 Å². The fourth-order valence-corrected chi connectivity index (χ4v) is 4.85. The first-order valence-electron chi connectivity index (χ1n) is 9.96. The van der Waals surface area contributed by atoms with E-state index >= 15 is 0 Å². The number of nitrogens with one attached hydrogen (secondary N) is 3. The van der Waals surface area contributed by atoms with E-state index in [0.717, 1.165) is 31.9 Å². The van der Waals surface area contributed by atoms with Gasteiger partial charge in [-0.25, -0.2) is 15.0 Å². The summed E-state index contributed by atoms with van der Waals surface area (Å²) in [4.78, 5) is 25.0. The molecule has 1 unspecified atom stereocenters. The standard InChI is InChI=1S/C22H20ClN7OS/c1-24-18-15-16(30(2)12-26-15)17-19(28-18)29-20(32-17)14-7-5-13(6-8-14)11-25-21(31)22(23)9-3-4-10-27-22/h3-10,12,27H,11H2,1-2H3,(H,24,28)(H,25,31). The Kier molecular flexibility index (Phi) is 5.07. The predicted octanol–water partition coefficient (Wildman–Crippen LogP) is 3.51. The van der Waals surface area contributed by atoms with Crippen molar-refractivity contribution in [2.24, 2.45) is 7.05 Å². The number of rotatable bonds is 5. The quantitative estimate of drug-likeness (QED) is 0.308. The zero-order valence-corrected chi connectivity index (χ0v) is 19.0. The summed E-state index contributed by atoms with van der Waals surface area (Å²) in [6.07, 6.45) is 8.57. The summed E-state index contributed by atoms with van der Waals surface area (Å²) >= 11 is 7.91. The highest BCUT2D eigenvalue weighted by atomic mass is 35.5. The van der Waals surface area contributed by atoms with E-state index in [2.05, 4.69) is 25.9 Å². The molecule has 8 nitrogen and oxygen atoms in total. The van der Waals surface area contributed by atoms with E-state index in [9.17, 15) is 4.79 Å². The van der Waals surface area contributed by atoms with Gasteiger partial charge in [0.05, 0.1) is 11.8 Å². The third kappa shape index (κ3) is 3.49. The maximum absolute atomic E-state index is 12.4. The number of thiazole rings is 1. The topological polar surface area (TPSA) is 96.8 Å². The van der Waals surface area contributed by atoms with E-state index < -0.39 is 5.00 Å². The van der Waals surface area contributed by atoms with Crippen LogP contribution in [0.3, 0.4) is 0 Å². The molecule has 0 saturated carbocycles. The highest BCUT2D eigenvalue weighted by molar-refractivity contribution is 7.22. The lowest BCUT2D eigenvalue weighted by molar-refractivity contribution is -0.123. The van der Waals surface area contributed by atoms with Gasteiger partial charge in [-0.2, -0.15) is 0 Å². The van der Waals surface area contributed by atoms with Gasteiger partial charge in [-0.1, -0.05) is 41.9 Å². The van der Waals surface area contributed by atoms with Crippen LogP contribution < -0.4 is 16.0 Å². The Morgan fingerprint density at radius 2 is 2.06 bits per heavy atom. The smallest absolute Gasteiger partial charge is 0.265 e. The average molecular weight is 466 g/mol. The van der Waals surface area contributed by atoms with Gasteiger partial charge in [0.2, 0.25) is 5.00 Å². The van der Waals surface area contributed by atoms with Crippen molar-refractivity contribution in [3.05, 3.63) is 60.6 Å². The van der Waals surface area contributed by atoms with E-state index in [4.69, 9.17) is 16.6 Å². The average Bonchev–Trinajstić information content (AvgIpc) is 3.41. The van der Waals surface area contributed by atoms with E-state index in [1.165, 1.54) is 0 Å². The fourth-order valence-electron chi connectivity index (χ4n) is 3.55. The number of fused-ring (bicyclic) bond motifs is 3. The Morgan fingerprint density at radius 1 is 1.25 bits per heavy atom. The molecule has 1 atom stereocenters. The molecule has 1 aromatic carbocycles. The third-order valence-corrected chi connectivity index (χ3v) is 6.76. The van der Waals surface area contributed by atoms with Gasteiger partial charge < -0.3 is 20.5 Å². The maximum atomic E-state index is 12.4. The van der Waals surface area contributed by atoms with Crippen molar-refractivity contribution in [3.8, 4) is 10.6 Å². The number of carbonyl (C=O) groups excluding carboxylic acids is 1. The van der Waals surface area contributed by atoms with E-state index in [1.807, 2.05) is 42.9 Å². The summed E-state index contributed by atoms with van der Waals surface area (Å²) in [5.74, 6) is 0.410. The number of hydrogen-bond acceptors (Lipinski definition) is 7. The molecule has 0 radical (unpaired) electrons. The van der Waals surface area contributed by atoms with Crippen LogP contribution in [0.1, 0.15) is 5.56 Å². The number of imidazole rings is 1. The van der Waals surface area contributed by atoms with Crippen LogP contribution in [0, 0.1) is 0 Å². The molecule has 0 bridgehead atoms. The largest absolute Gasteiger partial charge is 0.371 e. The Bertz CT molecular complexity index is 1390. The van der Waals surface area contributed by atoms with Crippen molar-refractivity contribution < 1.29 is 4.79 Å². The number of amides is 1. The first-order valence-corrected chi connectivity index (χ1v) is 11.2. The van der Waals surface area contributed by atoms with Crippen LogP contribution in [0.2, 0.25) is 0 Å². The van der Waals surface area contributed by atoms with Crippen molar-refractivity contribution in [1.82, 2.24) is 30.2 Å². The van der Waals surface area contributed by atoms with Gasteiger partial charge >= 0.3 is 0 Å². The number of aryl methyl sites for hydroxylation is 1. The summed E-state index contributed by atoms with van der Waals surface area (Å²) in [6, 6.07) is 7.94. The Balaban J connectivity index is 1.37. The highest BCUT2D eigenvalue weighted by Gasteiger charge is 2.32. The van der Waals surface area contributed by atoms with Crippen molar-refractivity contribution in [2.45, 2.75) is 11.5 Å². The molecule has 4 aromatic rings. The van der Waals surface area contributed by atoms with Gasteiger partial charge in [-0.3, -0.25) is 4.79 Å². The SMILES string of the molecule is CNc1nc2nc(-c3ccc(CNC(=O)C4(Cl)C=CC=CN4)cc3)sc2c2c1ncn2C. The van der Waals surface area contributed by atoms with Crippen molar-refractivity contribution in [1.29, 1.82) is 0 Å².